The first-order chi connectivity index (χ1) is 10.8. The molecule has 0 radical (unpaired) electrons. The lowest BCUT2D eigenvalue weighted by atomic mass is 9.93. The highest BCUT2D eigenvalue weighted by molar-refractivity contribution is 5.90. The van der Waals surface area contributed by atoms with Crippen LogP contribution in [-0.2, 0) is 14.4 Å². The van der Waals surface area contributed by atoms with Crippen LogP contribution in [-0.4, -0.2) is 41.4 Å². The molecule has 1 aromatic rings. The Kier molecular flexibility index (Phi) is 5.03. The van der Waals surface area contributed by atoms with Crippen molar-refractivity contribution >= 4 is 17.8 Å². The van der Waals surface area contributed by atoms with Gasteiger partial charge in [-0.3, -0.25) is 9.59 Å². The van der Waals surface area contributed by atoms with Crippen molar-refractivity contribution in [1.29, 1.82) is 0 Å². The Bertz CT molecular complexity index is 641. The van der Waals surface area contributed by atoms with Crippen molar-refractivity contribution in [3.05, 3.63) is 34.9 Å². The summed E-state index contributed by atoms with van der Waals surface area (Å²) in [5.41, 5.74) is 2.39. The summed E-state index contributed by atoms with van der Waals surface area (Å²) in [6.45, 7) is 4.25. The van der Waals surface area contributed by atoms with E-state index in [-0.39, 0.29) is 18.2 Å². The lowest BCUT2D eigenvalue weighted by Gasteiger charge is -2.29. The normalized spacial score (nSPS) is 19.3. The molecular weight excluding hydrogens is 296 g/mol. The molecule has 2 rings (SSSR count). The number of piperidine rings is 1. The molecule has 0 bridgehead atoms. The minimum absolute atomic E-state index is 0.0880. The lowest BCUT2D eigenvalue weighted by molar-refractivity contribution is -0.144. The number of aryl methyl sites for hydroxylation is 1. The Morgan fingerprint density at radius 3 is 2.65 bits per heavy atom. The molecule has 2 amide bonds. The third-order valence-corrected chi connectivity index (χ3v) is 4.52. The van der Waals surface area contributed by atoms with Crippen molar-refractivity contribution in [2.45, 2.75) is 32.7 Å². The third kappa shape index (κ3) is 3.70. The molecule has 1 aliphatic rings. The van der Waals surface area contributed by atoms with E-state index in [0.717, 1.165) is 11.1 Å². The molecule has 2 atom stereocenters. The third-order valence-electron chi connectivity index (χ3n) is 4.52. The van der Waals surface area contributed by atoms with Crippen LogP contribution in [0.1, 0.15) is 35.6 Å². The van der Waals surface area contributed by atoms with E-state index in [4.69, 9.17) is 0 Å². The second kappa shape index (κ2) is 6.81. The van der Waals surface area contributed by atoms with E-state index in [1.54, 1.807) is 24.1 Å². The Balaban J connectivity index is 2.17. The van der Waals surface area contributed by atoms with Gasteiger partial charge in [0, 0.05) is 25.9 Å². The van der Waals surface area contributed by atoms with Crippen LogP contribution in [0.15, 0.2) is 18.2 Å². The quantitative estimate of drug-likeness (QED) is 0.879. The van der Waals surface area contributed by atoms with Gasteiger partial charge in [0.25, 0.3) is 0 Å². The Labute approximate surface area is 135 Å². The molecule has 1 fully saturated rings. The van der Waals surface area contributed by atoms with Gasteiger partial charge >= 0.3 is 5.97 Å². The first kappa shape index (κ1) is 17.0. The number of likely N-dealkylation sites (tertiary alicyclic amines) is 1. The molecule has 6 nitrogen and oxygen atoms in total. The molecule has 1 aliphatic heterocycles. The summed E-state index contributed by atoms with van der Waals surface area (Å²) < 4.78 is 0. The summed E-state index contributed by atoms with van der Waals surface area (Å²) in [6.07, 6.45) is 0.675. The van der Waals surface area contributed by atoms with Crippen LogP contribution in [0.5, 0.6) is 0 Å². The second-order valence-electron chi connectivity index (χ2n) is 6.07. The van der Waals surface area contributed by atoms with Gasteiger partial charge in [-0.25, -0.2) is 4.79 Å². The largest absolute Gasteiger partial charge is 0.479 e. The zero-order valence-corrected chi connectivity index (χ0v) is 13.6. The molecule has 0 aromatic heterocycles. The Morgan fingerprint density at radius 1 is 1.35 bits per heavy atom. The molecule has 0 saturated carbocycles. The summed E-state index contributed by atoms with van der Waals surface area (Å²) in [5.74, 6) is -2.04. The summed E-state index contributed by atoms with van der Waals surface area (Å²) in [6, 6.07) is 4.28. The SMILES string of the molecule is Cc1cccc(C(NC(=O)C2CCN(C)C(=O)C2)C(=O)O)c1C. The highest BCUT2D eigenvalue weighted by Gasteiger charge is 2.32. The monoisotopic (exact) mass is 318 g/mol. The van der Waals surface area contributed by atoms with Crippen LogP contribution in [0, 0.1) is 19.8 Å². The fourth-order valence-corrected chi connectivity index (χ4v) is 2.79. The number of amides is 2. The standard InChI is InChI=1S/C17H22N2O4/c1-10-5-4-6-13(11(10)2)15(17(22)23)18-16(21)12-7-8-19(3)14(20)9-12/h4-6,12,15H,7-9H2,1-3H3,(H,18,21)(H,22,23). The van der Waals surface area contributed by atoms with Gasteiger partial charge in [-0.05, 0) is 37.0 Å². The van der Waals surface area contributed by atoms with E-state index in [1.165, 1.54) is 0 Å². The molecule has 6 heteroatoms. The number of rotatable bonds is 4. The van der Waals surface area contributed by atoms with E-state index in [9.17, 15) is 19.5 Å². The molecule has 1 aromatic carbocycles. The van der Waals surface area contributed by atoms with Crippen molar-refractivity contribution < 1.29 is 19.5 Å². The number of carbonyl (C=O) groups is 3. The number of carboxylic acid groups (broad SMARTS) is 1. The van der Waals surface area contributed by atoms with Gasteiger partial charge in [0.1, 0.15) is 0 Å². The van der Waals surface area contributed by atoms with Crippen LogP contribution in [0.4, 0.5) is 0 Å². The topological polar surface area (TPSA) is 86.7 Å². The maximum Gasteiger partial charge on any atom is 0.330 e. The summed E-state index contributed by atoms with van der Waals surface area (Å²) in [7, 11) is 1.70. The zero-order chi connectivity index (χ0) is 17.1. The smallest absolute Gasteiger partial charge is 0.330 e. The van der Waals surface area contributed by atoms with E-state index < -0.39 is 17.9 Å². The maximum atomic E-state index is 12.4. The van der Waals surface area contributed by atoms with Gasteiger partial charge < -0.3 is 15.3 Å². The number of carboxylic acids is 1. The number of benzene rings is 1. The van der Waals surface area contributed by atoms with Crippen LogP contribution in [0.2, 0.25) is 0 Å². The molecule has 23 heavy (non-hydrogen) atoms. The molecule has 1 heterocycles. The highest BCUT2D eigenvalue weighted by atomic mass is 16.4. The van der Waals surface area contributed by atoms with Gasteiger partial charge in [0.05, 0.1) is 0 Å². The summed E-state index contributed by atoms with van der Waals surface area (Å²) >= 11 is 0. The Morgan fingerprint density at radius 2 is 2.04 bits per heavy atom. The number of hydrogen-bond acceptors (Lipinski definition) is 3. The predicted molar refractivity (Wildman–Crippen MR) is 84.8 cm³/mol. The lowest BCUT2D eigenvalue weighted by Crippen LogP contribution is -2.44. The molecule has 0 aliphatic carbocycles. The van der Waals surface area contributed by atoms with Crippen molar-refractivity contribution in [2.75, 3.05) is 13.6 Å². The fourth-order valence-electron chi connectivity index (χ4n) is 2.79. The van der Waals surface area contributed by atoms with Crippen LogP contribution in [0.25, 0.3) is 0 Å². The minimum Gasteiger partial charge on any atom is -0.479 e. The number of nitrogens with zero attached hydrogens (tertiary/aromatic N) is 1. The minimum atomic E-state index is -1.11. The van der Waals surface area contributed by atoms with E-state index >= 15 is 0 Å². The van der Waals surface area contributed by atoms with Crippen LogP contribution in [0.3, 0.4) is 0 Å². The second-order valence-corrected chi connectivity index (χ2v) is 6.07. The van der Waals surface area contributed by atoms with Gasteiger partial charge in [0.2, 0.25) is 11.8 Å². The molecule has 0 spiro atoms. The molecule has 2 unspecified atom stereocenters. The van der Waals surface area contributed by atoms with Crippen molar-refractivity contribution in [2.24, 2.45) is 5.92 Å². The predicted octanol–water partition coefficient (Wildman–Crippen LogP) is 1.41. The summed E-state index contributed by atoms with van der Waals surface area (Å²) in [5, 5.41) is 12.1. The molecule has 2 N–H and O–H groups in total. The van der Waals surface area contributed by atoms with Crippen molar-refractivity contribution in [1.82, 2.24) is 10.2 Å². The van der Waals surface area contributed by atoms with Gasteiger partial charge in [-0.1, -0.05) is 18.2 Å². The first-order valence-electron chi connectivity index (χ1n) is 7.64. The van der Waals surface area contributed by atoms with Crippen LogP contribution < -0.4 is 5.32 Å². The Hall–Kier alpha value is -2.37. The number of carbonyl (C=O) groups excluding carboxylic acids is 2. The van der Waals surface area contributed by atoms with Gasteiger partial charge in [-0.15, -0.1) is 0 Å². The highest BCUT2D eigenvalue weighted by Crippen LogP contribution is 2.23. The first-order valence-corrected chi connectivity index (χ1v) is 7.64. The molecule has 1 saturated heterocycles. The van der Waals surface area contributed by atoms with Gasteiger partial charge in [-0.2, -0.15) is 0 Å². The number of aliphatic carboxylic acids is 1. The zero-order valence-electron chi connectivity index (χ0n) is 13.6. The van der Waals surface area contributed by atoms with Crippen molar-refractivity contribution in [3.8, 4) is 0 Å². The van der Waals surface area contributed by atoms with E-state index in [1.807, 2.05) is 19.9 Å². The number of hydrogen-bond donors (Lipinski definition) is 2. The maximum absolute atomic E-state index is 12.4. The van der Waals surface area contributed by atoms with Crippen LogP contribution >= 0.6 is 0 Å². The number of nitrogens with one attached hydrogen (secondary N) is 1. The fraction of sp³-hybridized carbons (Fsp3) is 0.471. The average Bonchev–Trinajstić information content (AvgIpc) is 2.50. The van der Waals surface area contributed by atoms with E-state index in [0.29, 0.717) is 18.5 Å². The van der Waals surface area contributed by atoms with Gasteiger partial charge in [0.15, 0.2) is 6.04 Å². The molecular formula is C17H22N2O4. The average molecular weight is 318 g/mol. The van der Waals surface area contributed by atoms with E-state index in [2.05, 4.69) is 5.32 Å². The van der Waals surface area contributed by atoms with Crippen molar-refractivity contribution in [3.63, 3.8) is 0 Å². The molecule has 124 valence electrons. The summed E-state index contributed by atoms with van der Waals surface area (Å²) in [4.78, 5) is 37.3.